The van der Waals surface area contributed by atoms with E-state index in [-0.39, 0.29) is 37.3 Å². The van der Waals surface area contributed by atoms with Gasteiger partial charge in [-0.05, 0) is 43.1 Å². The van der Waals surface area contributed by atoms with Crippen LogP contribution in [0, 0.1) is 11.8 Å². The summed E-state index contributed by atoms with van der Waals surface area (Å²) in [4.78, 5) is 81.4. The lowest BCUT2D eigenvalue weighted by Gasteiger charge is -2.32. The summed E-state index contributed by atoms with van der Waals surface area (Å²) in [7, 11) is 0. The third kappa shape index (κ3) is 9.03. The normalized spacial score (nSPS) is 20.7. The van der Waals surface area contributed by atoms with Gasteiger partial charge in [0.15, 0.2) is 0 Å². The highest BCUT2D eigenvalue weighted by atomic mass is 16.4. The Kier molecular flexibility index (Phi) is 12.9. The minimum atomic E-state index is -1.17. The lowest BCUT2D eigenvalue weighted by Crippen LogP contribution is -2.60. The number of nitrogens with one attached hydrogen (secondary N) is 3. The molecule has 2 aliphatic heterocycles. The van der Waals surface area contributed by atoms with Gasteiger partial charge in [0.05, 0.1) is 6.54 Å². The summed E-state index contributed by atoms with van der Waals surface area (Å²) in [5, 5.41) is 17.8. The lowest BCUT2D eigenvalue weighted by molar-refractivity contribution is -0.145. The Balaban J connectivity index is 1.81. The predicted molar refractivity (Wildman–Crippen MR) is 166 cm³/mol. The molecule has 13 nitrogen and oxygen atoms in total. The van der Waals surface area contributed by atoms with Crippen LogP contribution >= 0.6 is 0 Å². The number of nitrogens with two attached hydrogens (primary N) is 1. The smallest absolute Gasteiger partial charge is 0.326 e. The van der Waals surface area contributed by atoms with E-state index in [0.29, 0.717) is 38.6 Å². The maximum absolute atomic E-state index is 14.1. The molecule has 13 heteroatoms. The number of nitrogens with zero attached hydrogens (tertiary/aromatic N) is 2. The largest absolute Gasteiger partial charge is 0.480 e. The van der Waals surface area contributed by atoms with Gasteiger partial charge >= 0.3 is 5.97 Å². The van der Waals surface area contributed by atoms with Gasteiger partial charge in [0.2, 0.25) is 29.5 Å². The molecule has 0 spiro atoms. The fourth-order valence-corrected chi connectivity index (χ4v) is 5.98. The van der Waals surface area contributed by atoms with Gasteiger partial charge in [-0.3, -0.25) is 24.0 Å². The Morgan fingerprint density at radius 2 is 1.44 bits per heavy atom. The number of hydrogen-bond donors (Lipinski definition) is 5. The number of benzene rings is 1. The fourth-order valence-electron chi connectivity index (χ4n) is 5.98. The number of amides is 5. The number of carbonyl (C=O) groups is 6. The highest BCUT2D eigenvalue weighted by molar-refractivity contribution is 5.96. The number of rotatable bonds is 14. The molecule has 2 fully saturated rings. The van der Waals surface area contributed by atoms with Gasteiger partial charge in [0, 0.05) is 19.5 Å². The van der Waals surface area contributed by atoms with Crippen LogP contribution in [0.25, 0.3) is 0 Å². The Morgan fingerprint density at radius 1 is 0.867 bits per heavy atom. The molecule has 0 aliphatic carbocycles. The average Bonchev–Trinajstić information content (AvgIpc) is 3.72. The second-order valence-corrected chi connectivity index (χ2v) is 12.3. The molecule has 1 aromatic carbocycles. The summed E-state index contributed by atoms with van der Waals surface area (Å²) in [6.45, 7) is 7.50. The summed E-state index contributed by atoms with van der Waals surface area (Å²) in [6, 6.07) is 4.45. The van der Waals surface area contributed by atoms with Crippen LogP contribution in [0.5, 0.6) is 0 Å². The maximum atomic E-state index is 14.1. The van der Waals surface area contributed by atoms with Gasteiger partial charge in [0.25, 0.3) is 0 Å². The zero-order valence-corrected chi connectivity index (χ0v) is 26.7. The predicted octanol–water partition coefficient (Wildman–Crippen LogP) is 0.411. The first-order valence-electron chi connectivity index (χ1n) is 15.9. The van der Waals surface area contributed by atoms with Crippen LogP contribution in [0.4, 0.5) is 0 Å². The minimum Gasteiger partial charge on any atom is -0.480 e. The van der Waals surface area contributed by atoms with E-state index in [9.17, 15) is 33.9 Å². The monoisotopic (exact) mass is 628 g/mol. The fraction of sp³-hybridized carbons (Fsp3) is 0.625. The first-order chi connectivity index (χ1) is 21.4. The third-order valence-corrected chi connectivity index (χ3v) is 8.81. The van der Waals surface area contributed by atoms with E-state index in [4.69, 9.17) is 5.73 Å². The minimum absolute atomic E-state index is 0.178. The topological polar surface area (TPSA) is 191 Å². The maximum Gasteiger partial charge on any atom is 0.326 e. The summed E-state index contributed by atoms with van der Waals surface area (Å²) in [5.74, 6) is -4.18. The Morgan fingerprint density at radius 3 is 2.00 bits per heavy atom. The van der Waals surface area contributed by atoms with Crippen molar-refractivity contribution in [2.45, 2.75) is 96.4 Å². The van der Waals surface area contributed by atoms with Crippen LogP contribution in [-0.2, 0) is 35.2 Å². The van der Waals surface area contributed by atoms with Crippen molar-refractivity contribution < 1.29 is 33.9 Å². The summed E-state index contributed by atoms with van der Waals surface area (Å²) in [5.41, 5.74) is 6.36. The summed E-state index contributed by atoms with van der Waals surface area (Å²) < 4.78 is 0. The van der Waals surface area contributed by atoms with E-state index < -0.39 is 59.8 Å². The second-order valence-electron chi connectivity index (χ2n) is 12.3. The number of likely N-dealkylation sites (tertiary alicyclic amines) is 2. The molecule has 2 aliphatic rings. The van der Waals surface area contributed by atoms with Crippen molar-refractivity contribution >= 4 is 35.5 Å². The summed E-state index contributed by atoms with van der Waals surface area (Å²) >= 11 is 0. The van der Waals surface area contributed by atoms with Crippen LogP contribution < -0.4 is 21.7 Å². The molecule has 2 saturated heterocycles. The van der Waals surface area contributed by atoms with Crippen LogP contribution in [-0.4, -0.2) is 100 Å². The Bertz CT molecular complexity index is 1230. The number of aliphatic carboxylic acids is 1. The number of hydrogen-bond acceptors (Lipinski definition) is 7. The molecule has 3 rings (SSSR count). The zero-order valence-electron chi connectivity index (χ0n) is 26.7. The van der Waals surface area contributed by atoms with Gasteiger partial charge in [-0.15, -0.1) is 0 Å². The zero-order chi connectivity index (χ0) is 33.3. The number of carboxylic acid groups (broad SMARTS) is 1. The molecule has 6 atom stereocenters. The van der Waals surface area contributed by atoms with Crippen LogP contribution in [0.2, 0.25) is 0 Å². The van der Waals surface area contributed by atoms with Crippen molar-refractivity contribution in [1.29, 1.82) is 0 Å². The highest BCUT2D eigenvalue weighted by Gasteiger charge is 2.41. The van der Waals surface area contributed by atoms with E-state index >= 15 is 0 Å². The van der Waals surface area contributed by atoms with E-state index in [0.717, 1.165) is 5.56 Å². The molecule has 0 unspecified atom stereocenters. The molecule has 5 amide bonds. The standard InChI is InChI=1S/C32H48N6O7/c1-5-20(4)27(30(42)35-26(19(2)3)32(44)45)36-29(41)24-14-10-16-38(24)31(43)22(17-21-11-7-6-8-12-21)34-28(40)23-13-9-15-37(23)25(39)18-33/h6-8,11-12,19-20,22-24,26-27H,5,9-10,13-18,33H2,1-4H3,(H,34,40)(H,35,42)(H,36,41)(H,44,45)/t20-,22-,23-,24-,26-,27-/m0/s1. The van der Waals surface area contributed by atoms with Crippen molar-refractivity contribution in [2.75, 3.05) is 19.6 Å². The highest BCUT2D eigenvalue weighted by Crippen LogP contribution is 2.22. The molecule has 0 bridgehead atoms. The molecular weight excluding hydrogens is 580 g/mol. The third-order valence-electron chi connectivity index (χ3n) is 8.81. The summed E-state index contributed by atoms with van der Waals surface area (Å²) in [6.07, 6.45) is 2.73. The molecule has 0 saturated carbocycles. The molecule has 0 aromatic heterocycles. The SMILES string of the molecule is CC[C@H](C)[C@H](NC(=O)[C@@H]1CCCN1C(=O)[C@H](Cc1ccccc1)NC(=O)[C@@H]1CCCN1C(=O)CN)C(=O)N[C@H](C(=O)O)C(C)C. The number of carbonyl (C=O) groups excluding carboxylic acids is 5. The molecular formula is C32H48N6O7. The molecule has 1 aromatic rings. The van der Waals surface area contributed by atoms with Crippen LogP contribution in [0.1, 0.15) is 65.4 Å². The van der Waals surface area contributed by atoms with Gasteiger partial charge in [0.1, 0.15) is 30.2 Å². The average molecular weight is 629 g/mol. The van der Waals surface area contributed by atoms with E-state index in [1.165, 1.54) is 9.80 Å². The van der Waals surface area contributed by atoms with Gasteiger partial charge in [-0.25, -0.2) is 4.79 Å². The van der Waals surface area contributed by atoms with Crippen molar-refractivity contribution in [3.05, 3.63) is 35.9 Å². The van der Waals surface area contributed by atoms with Crippen molar-refractivity contribution in [2.24, 2.45) is 17.6 Å². The molecule has 0 radical (unpaired) electrons. The first kappa shape index (κ1) is 35.5. The number of carboxylic acids is 1. The van der Waals surface area contributed by atoms with E-state index in [2.05, 4.69) is 16.0 Å². The van der Waals surface area contributed by atoms with Crippen LogP contribution in [0.15, 0.2) is 30.3 Å². The molecule has 6 N–H and O–H groups in total. The van der Waals surface area contributed by atoms with Crippen molar-refractivity contribution in [3.63, 3.8) is 0 Å². The quantitative estimate of drug-likeness (QED) is 0.196. The lowest BCUT2D eigenvalue weighted by atomic mass is 9.96. The second kappa shape index (κ2) is 16.4. The Hall–Kier alpha value is -4.00. The van der Waals surface area contributed by atoms with E-state index in [1.54, 1.807) is 20.8 Å². The van der Waals surface area contributed by atoms with Crippen molar-refractivity contribution in [3.8, 4) is 0 Å². The van der Waals surface area contributed by atoms with Gasteiger partial charge < -0.3 is 36.6 Å². The van der Waals surface area contributed by atoms with Crippen LogP contribution in [0.3, 0.4) is 0 Å². The van der Waals surface area contributed by atoms with Crippen molar-refractivity contribution in [1.82, 2.24) is 25.8 Å². The van der Waals surface area contributed by atoms with Gasteiger partial charge in [-0.1, -0.05) is 64.4 Å². The molecule has 248 valence electrons. The molecule has 45 heavy (non-hydrogen) atoms. The van der Waals surface area contributed by atoms with Gasteiger partial charge in [-0.2, -0.15) is 0 Å². The Labute approximate surface area is 264 Å². The molecule has 2 heterocycles. The first-order valence-corrected chi connectivity index (χ1v) is 15.9. The van der Waals surface area contributed by atoms with E-state index in [1.807, 2.05) is 37.3 Å².